The maximum absolute atomic E-state index is 12.4. The second-order valence-electron chi connectivity index (χ2n) is 6.77. The van der Waals surface area contributed by atoms with Crippen molar-refractivity contribution in [3.63, 3.8) is 0 Å². The van der Waals surface area contributed by atoms with Gasteiger partial charge in [-0.25, -0.2) is 4.79 Å². The van der Waals surface area contributed by atoms with Gasteiger partial charge >= 0.3 is 6.03 Å². The number of piperazine rings is 1. The highest BCUT2D eigenvalue weighted by atomic mass is 16.6. The van der Waals surface area contributed by atoms with Crippen molar-refractivity contribution in [2.75, 3.05) is 50.8 Å². The smallest absolute Gasteiger partial charge is 0.317 e. The molecule has 0 radical (unpaired) electrons. The summed E-state index contributed by atoms with van der Waals surface area (Å²) in [6, 6.07) is 16.3. The molecule has 6 nitrogen and oxygen atoms in total. The van der Waals surface area contributed by atoms with Crippen LogP contribution in [-0.2, 0) is 6.42 Å². The highest BCUT2D eigenvalue weighted by Crippen LogP contribution is 2.30. The van der Waals surface area contributed by atoms with E-state index in [-0.39, 0.29) is 6.03 Å². The highest BCUT2D eigenvalue weighted by molar-refractivity contribution is 5.74. The van der Waals surface area contributed by atoms with Gasteiger partial charge < -0.3 is 24.6 Å². The van der Waals surface area contributed by atoms with E-state index in [0.717, 1.165) is 49.7 Å². The molecule has 6 heteroatoms. The van der Waals surface area contributed by atoms with Gasteiger partial charge in [0.1, 0.15) is 13.2 Å². The molecule has 2 aromatic rings. The molecule has 0 aromatic heterocycles. The molecule has 2 aliphatic heterocycles. The number of para-hydroxylation sites is 1. The molecule has 2 aromatic carbocycles. The zero-order chi connectivity index (χ0) is 18.5. The zero-order valence-electron chi connectivity index (χ0n) is 15.4. The summed E-state index contributed by atoms with van der Waals surface area (Å²) in [4.78, 5) is 16.6. The van der Waals surface area contributed by atoms with Gasteiger partial charge in [-0.2, -0.15) is 0 Å². The van der Waals surface area contributed by atoms with Crippen molar-refractivity contribution in [3.8, 4) is 11.5 Å². The number of anilines is 1. The number of carbonyl (C=O) groups excluding carboxylic acids is 1. The number of hydrogen-bond donors (Lipinski definition) is 1. The molecule has 0 aliphatic carbocycles. The molecular formula is C21H25N3O3. The van der Waals surface area contributed by atoms with Crippen molar-refractivity contribution < 1.29 is 14.3 Å². The molecular weight excluding hydrogens is 342 g/mol. The zero-order valence-corrected chi connectivity index (χ0v) is 15.4. The van der Waals surface area contributed by atoms with Crippen molar-refractivity contribution in [1.82, 2.24) is 10.2 Å². The van der Waals surface area contributed by atoms with Gasteiger partial charge in [-0.1, -0.05) is 24.3 Å². The van der Waals surface area contributed by atoms with E-state index in [2.05, 4.69) is 22.3 Å². The number of ether oxygens (including phenoxy) is 2. The Bertz CT molecular complexity index is 773. The number of fused-ring (bicyclic) bond motifs is 1. The van der Waals surface area contributed by atoms with E-state index in [1.807, 2.05) is 41.3 Å². The normalized spacial score (nSPS) is 16.1. The van der Waals surface area contributed by atoms with Crippen LogP contribution >= 0.6 is 0 Å². The first-order chi connectivity index (χ1) is 13.3. The maximum Gasteiger partial charge on any atom is 0.317 e. The fraction of sp³-hybridized carbons (Fsp3) is 0.381. The quantitative estimate of drug-likeness (QED) is 0.902. The first kappa shape index (κ1) is 17.5. The molecule has 0 unspecified atom stereocenters. The number of nitrogens with one attached hydrogen (secondary N) is 1. The summed E-state index contributed by atoms with van der Waals surface area (Å²) < 4.78 is 11.1. The minimum Gasteiger partial charge on any atom is -0.486 e. The Balaban J connectivity index is 1.22. The topological polar surface area (TPSA) is 54.0 Å². The summed E-state index contributed by atoms with van der Waals surface area (Å²) in [5.74, 6) is 1.59. The van der Waals surface area contributed by atoms with Crippen molar-refractivity contribution in [2.45, 2.75) is 6.42 Å². The highest BCUT2D eigenvalue weighted by Gasteiger charge is 2.21. The lowest BCUT2D eigenvalue weighted by molar-refractivity contribution is 0.171. The Labute approximate surface area is 159 Å². The van der Waals surface area contributed by atoms with Gasteiger partial charge in [-0.05, 0) is 36.2 Å². The van der Waals surface area contributed by atoms with Gasteiger partial charge in [0, 0.05) is 38.4 Å². The van der Waals surface area contributed by atoms with E-state index in [1.165, 1.54) is 5.69 Å². The maximum atomic E-state index is 12.4. The standard InChI is InChI=1S/C21H25N3O3/c25-21(24-12-10-23(11-13-24)18-4-2-1-3-5-18)22-9-8-17-6-7-19-20(16-17)27-15-14-26-19/h1-7,16H,8-15H2,(H,22,25). The predicted octanol–water partition coefficient (Wildman–Crippen LogP) is 2.53. The minimum absolute atomic E-state index is 0.0141. The molecule has 0 spiro atoms. The fourth-order valence-corrected chi connectivity index (χ4v) is 3.48. The third-order valence-electron chi connectivity index (χ3n) is 4.98. The van der Waals surface area contributed by atoms with E-state index >= 15 is 0 Å². The molecule has 1 N–H and O–H groups in total. The monoisotopic (exact) mass is 367 g/mol. The number of hydrogen-bond acceptors (Lipinski definition) is 4. The second-order valence-corrected chi connectivity index (χ2v) is 6.77. The van der Waals surface area contributed by atoms with Crippen LogP contribution < -0.4 is 19.7 Å². The van der Waals surface area contributed by atoms with Crippen molar-refractivity contribution >= 4 is 11.7 Å². The van der Waals surface area contributed by atoms with Gasteiger partial charge in [0.05, 0.1) is 0 Å². The lowest BCUT2D eigenvalue weighted by Crippen LogP contribution is -2.52. The molecule has 27 heavy (non-hydrogen) atoms. The second kappa shape index (κ2) is 8.20. The van der Waals surface area contributed by atoms with E-state index in [1.54, 1.807) is 0 Å². The molecule has 142 valence electrons. The molecule has 0 saturated carbocycles. The van der Waals surface area contributed by atoms with Gasteiger partial charge in [0.15, 0.2) is 11.5 Å². The minimum atomic E-state index is 0.0141. The van der Waals surface area contributed by atoms with Gasteiger partial charge in [0.2, 0.25) is 0 Å². The third-order valence-corrected chi connectivity index (χ3v) is 4.98. The summed E-state index contributed by atoms with van der Waals surface area (Å²) >= 11 is 0. The lowest BCUT2D eigenvalue weighted by Gasteiger charge is -2.36. The van der Waals surface area contributed by atoms with Crippen LogP contribution in [0.3, 0.4) is 0 Å². The van der Waals surface area contributed by atoms with Crippen LogP contribution in [0.5, 0.6) is 11.5 Å². The summed E-state index contributed by atoms with van der Waals surface area (Å²) in [5, 5.41) is 3.03. The fourth-order valence-electron chi connectivity index (χ4n) is 3.48. The van der Waals surface area contributed by atoms with Crippen molar-refractivity contribution in [1.29, 1.82) is 0 Å². The van der Waals surface area contributed by atoms with Gasteiger partial charge in [-0.15, -0.1) is 0 Å². The van der Waals surface area contributed by atoms with Crippen LogP contribution in [0.1, 0.15) is 5.56 Å². The predicted molar refractivity (Wildman–Crippen MR) is 105 cm³/mol. The largest absolute Gasteiger partial charge is 0.486 e. The van der Waals surface area contributed by atoms with Crippen molar-refractivity contribution in [3.05, 3.63) is 54.1 Å². The molecule has 1 saturated heterocycles. The molecule has 1 fully saturated rings. The number of benzene rings is 2. The molecule has 2 aliphatic rings. The average Bonchev–Trinajstić information content (AvgIpc) is 2.74. The molecule has 2 amide bonds. The summed E-state index contributed by atoms with van der Waals surface area (Å²) in [7, 11) is 0. The Hall–Kier alpha value is -2.89. The Morgan fingerprint density at radius 1 is 0.926 bits per heavy atom. The first-order valence-corrected chi connectivity index (χ1v) is 9.51. The Morgan fingerprint density at radius 3 is 2.44 bits per heavy atom. The number of rotatable bonds is 4. The number of urea groups is 1. The van der Waals surface area contributed by atoms with E-state index < -0.39 is 0 Å². The van der Waals surface area contributed by atoms with Gasteiger partial charge in [-0.3, -0.25) is 0 Å². The van der Waals surface area contributed by atoms with Crippen molar-refractivity contribution in [2.24, 2.45) is 0 Å². The number of nitrogens with zero attached hydrogens (tertiary/aromatic N) is 2. The molecule has 4 rings (SSSR count). The lowest BCUT2D eigenvalue weighted by atomic mass is 10.1. The van der Waals surface area contributed by atoms with Crippen LogP contribution in [0.4, 0.5) is 10.5 Å². The van der Waals surface area contributed by atoms with Crippen LogP contribution in [0.2, 0.25) is 0 Å². The number of amides is 2. The molecule has 0 bridgehead atoms. The van der Waals surface area contributed by atoms with E-state index in [4.69, 9.17) is 9.47 Å². The number of carbonyl (C=O) groups is 1. The summed E-state index contributed by atoms with van der Waals surface area (Å²) in [6.07, 6.45) is 0.770. The van der Waals surface area contributed by atoms with Crippen LogP contribution in [0.15, 0.2) is 48.5 Å². The van der Waals surface area contributed by atoms with Crippen LogP contribution in [0, 0.1) is 0 Å². The van der Waals surface area contributed by atoms with Crippen LogP contribution in [0.25, 0.3) is 0 Å². The Kier molecular flexibility index (Phi) is 5.32. The molecule has 2 heterocycles. The van der Waals surface area contributed by atoms with E-state index in [9.17, 15) is 4.79 Å². The van der Waals surface area contributed by atoms with Crippen LogP contribution in [-0.4, -0.2) is 56.9 Å². The Morgan fingerprint density at radius 2 is 1.67 bits per heavy atom. The third kappa shape index (κ3) is 4.27. The SMILES string of the molecule is O=C(NCCc1ccc2c(c1)OCCO2)N1CCN(c2ccccc2)CC1. The average molecular weight is 367 g/mol. The van der Waals surface area contributed by atoms with E-state index in [0.29, 0.717) is 19.8 Å². The van der Waals surface area contributed by atoms with Gasteiger partial charge in [0.25, 0.3) is 0 Å². The first-order valence-electron chi connectivity index (χ1n) is 9.51. The molecule has 0 atom stereocenters. The summed E-state index contributed by atoms with van der Waals surface area (Å²) in [5.41, 5.74) is 2.35. The summed E-state index contributed by atoms with van der Waals surface area (Å²) in [6.45, 7) is 4.99.